The Morgan fingerprint density at radius 2 is 0.830 bits per heavy atom. The molecule has 2 atom stereocenters. The number of amides is 1. The summed E-state index contributed by atoms with van der Waals surface area (Å²) < 4.78 is 15.9. The Hall–Kier alpha value is -0.720. The molecule has 0 aliphatic carbocycles. The number of hydrogen-bond acceptors (Lipinski definition) is 4. The van der Waals surface area contributed by atoms with Crippen LogP contribution in [-0.4, -0.2) is 39.6 Å². The van der Waals surface area contributed by atoms with E-state index in [-0.39, 0.29) is 5.91 Å². The highest BCUT2D eigenvalue weighted by Gasteiger charge is 2.24. The standard InChI is InChI=1S/C45H90NO6P/c1-3-5-7-9-11-13-15-17-19-21-22-23-24-25-27-29-31-33-35-37-39-41-45(48)46-43(42-52-53(49,50)51)44(47)40-38-36-34-32-30-28-26-20-18-16-14-12-10-8-6-4-2/h38,40,43-44,47H,3-37,39,41-42H2,1-2H3,(H,46,48)(H2,49,50,51)/b40-38+/t43-,44+/m0/s1. The maximum absolute atomic E-state index is 12.6. The minimum absolute atomic E-state index is 0.221. The predicted octanol–water partition coefficient (Wildman–Crippen LogP) is 14.0. The van der Waals surface area contributed by atoms with Crippen molar-refractivity contribution in [2.24, 2.45) is 0 Å². The second-order valence-corrected chi connectivity index (χ2v) is 17.3. The summed E-state index contributed by atoms with van der Waals surface area (Å²) in [6, 6.07) is -0.905. The fourth-order valence-corrected chi connectivity index (χ4v) is 7.58. The lowest BCUT2D eigenvalue weighted by Crippen LogP contribution is -2.45. The van der Waals surface area contributed by atoms with Crippen molar-refractivity contribution in [2.75, 3.05) is 6.61 Å². The van der Waals surface area contributed by atoms with Crippen molar-refractivity contribution < 1.29 is 28.8 Å². The van der Waals surface area contributed by atoms with Gasteiger partial charge in [0.1, 0.15) is 0 Å². The van der Waals surface area contributed by atoms with E-state index in [9.17, 15) is 24.3 Å². The van der Waals surface area contributed by atoms with Gasteiger partial charge < -0.3 is 20.2 Å². The van der Waals surface area contributed by atoms with Gasteiger partial charge in [0, 0.05) is 6.42 Å². The summed E-state index contributed by atoms with van der Waals surface area (Å²) in [4.78, 5) is 31.0. The predicted molar refractivity (Wildman–Crippen MR) is 227 cm³/mol. The zero-order valence-corrected chi connectivity index (χ0v) is 36.1. The number of allylic oxidation sites excluding steroid dienone is 1. The second kappa shape index (κ2) is 40.9. The van der Waals surface area contributed by atoms with Crippen LogP contribution in [-0.2, 0) is 13.9 Å². The van der Waals surface area contributed by atoms with Crippen LogP contribution in [0.5, 0.6) is 0 Å². The summed E-state index contributed by atoms with van der Waals surface area (Å²) in [7, 11) is -4.71. The summed E-state index contributed by atoms with van der Waals surface area (Å²) in [5, 5.41) is 13.4. The number of carbonyl (C=O) groups is 1. The zero-order valence-electron chi connectivity index (χ0n) is 35.2. The lowest BCUT2D eigenvalue weighted by Gasteiger charge is -2.22. The van der Waals surface area contributed by atoms with Crippen LogP contribution in [0.25, 0.3) is 0 Å². The minimum atomic E-state index is -4.71. The quantitative estimate of drug-likeness (QED) is 0.0279. The maximum Gasteiger partial charge on any atom is 0.469 e. The molecule has 0 aromatic carbocycles. The van der Waals surface area contributed by atoms with E-state index in [0.29, 0.717) is 6.42 Å². The average Bonchev–Trinajstić information content (AvgIpc) is 3.13. The Kier molecular flexibility index (Phi) is 40.4. The molecule has 0 saturated heterocycles. The van der Waals surface area contributed by atoms with Gasteiger partial charge in [-0.15, -0.1) is 0 Å². The van der Waals surface area contributed by atoms with Crippen LogP contribution in [0.15, 0.2) is 12.2 Å². The first-order valence-corrected chi connectivity index (χ1v) is 24.7. The van der Waals surface area contributed by atoms with E-state index in [1.165, 1.54) is 193 Å². The molecule has 0 unspecified atom stereocenters. The number of rotatable bonds is 43. The molecule has 7 nitrogen and oxygen atoms in total. The number of carbonyl (C=O) groups excluding carboxylic acids is 1. The highest BCUT2D eigenvalue weighted by atomic mass is 31.2. The number of phosphoric ester groups is 1. The topological polar surface area (TPSA) is 116 Å². The monoisotopic (exact) mass is 772 g/mol. The number of nitrogens with one attached hydrogen (secondary N) is 1. The molecule has 0 aliphatic heterocycles. The maximum atomic E-state index is 12.6. The first kappa shape index (κ1) is 52.3. The normalized spacial score (nSPS) is 13.2. The first-order chi connectivity index (χ1) is 25.8. The Balaban J connectivity index is 3.86. The van der Waals surface area contributed by atoms with Crippen LogP contribution < -0.4 is 5.32 Å². The van der Waals surface area contributed by atoms with Crippen LogP contribution in [0.4, 0.5) is 0 Å². The largest absolute Gasteiger partial charge is 0.469 e. The SMILES string of the molecule is CCCCCCCCCCCCCCCC/C=C/[C@@H](O)[C@H](COP(=O)(O)O)NC(=O)CCCCCCCCCCCCCCCCCCCCCCC. The first-order valence-electron chi connectivity index (χ1n) is 23.1. The third kappa shape index (κ3) is 42.3. The summed E-state index contributed by atoms with van der Waals surface area (Å²) in [6.45, 7) is 4.10. The van der Waals surface area contributed by atoms with E-state index >= 15 is 0 Å². The molecular formula is C45H90NO6P. The molecular weight excluding hydrogens is 681 g/mol. The van der Waals surface area contributed by atoms with Crippen LogP contribution in [0, 0.1) is 0 Å². The summed E-state index contributed by atoms with van der Waals surface area (Å²) in [5.41, 5.74) is 0. The molecule has 1 amide bonds. The van der Waals surface area contributed by atoms with E-state index in [1.54, 1.807) is 6.08 Å². The molecule has 0 aromatic rings. The molecule has 0 fully saturated rings. The third-order valence-electron chi connectivity index (χ3n) is 10.7. The fraction of sp³-hybridized carbons (Fsp3) is 0.933. The molecule has 0 aromatic heterocycles. The van der Waals surface area contributed by atoms with E-state index in [2.05, 4.69) is 23.7 Å². The average molecular weight is 772 g/mol. The van der Waals surface area contributed by atoms with Gasteiger partial charge in [-0.1, -0.05) is 238 Å². The van der Waals surface area contributed by atoms with Gasteiger partial charge in [-0.25, -0.2) is 4.57 Å². The van der Waals surface area contributed by atoms with Gasteiger partial charge in [-0.2, -0.15) is 0 Å². The van der Waals surface area contributed by atoms with E-state index in [1.807, 2.05) is 6.08 Å². The van der Waals surface area contributed by atoms with Crippen molar-refractivity contribution in [1.29, 1.82) is 0 Å². The number of aliphatic hydroxyl groups excluding tert-OH is 1. The number of phosphoric acid groups is 1. The molecule has 8 heteroatoms. The van der Waals surface area contributed by atoms with Crippen molar-refractivity contribution in [2.45, 2.75) is 264 Å². The highest BCUT2D eigenvalue weighted by Crippen LogP contribution is 2.36. The number of hydrogen-bond donors (Lipinski definition) is 4. The summed E-state index contributed by atoms with van der Waals surface area (Å²) in [5.74, 6) is -0.221. The third-order valence-corrected chi connectivity index (χ3v) is 11.2. The fourth-order valence-electron chi connectivity index (χ4n) is 7.23. The van der Waals surface area contributed by atoms with E-state index in [4.69, 9.17) is 0 Å². The molecule has 4 N–H and O–H groups in total. The highest BCUT2D eigenvalue weighted by molar-refractivity contribution is 7.46. The molecule has 0 heterocycles. The van der Waals surface area contributed by atoms with Gasteiger partial charge in [-0.05, 0) is 19.3 Å². The smallest absolute Gasteiger partial charge is 0.387 e. The van der Waals surface area contributed by atoms with Gasteiger partial charge in [0.05, 0.1) is 18.8 Å². The van der Waals surface area contributed by atoms with Crippen LogP contribution in [0.1, 0.15) is 251 Å². The van der Waals surface area contributed by atoms with Crippen molar-refractivity contribution in [3.63, 3.8) is 0 Å². The van der Waals surface area contributed by atoms with E-state index < -0.39 is 26.6 Å². The van der Waals surface area contributed by atoms with E-state index in [0.717, 1.165) is 38.5 Å². The Bertz CT molecular complexity index is 834. The molecule has 0 spiro atoms. The Labute approximate surface area is 329 Å². The summed E-state index contributed by atoms with van der Waals surface area (Å²) in [6.07, 6.45) is 49.5. The lowest BCUT2D eigenvalue weighted by molar-refractivity contribution is -0.123. The van der Waals surface area contributed by atoms with Gasteiger partial charge >= 0.3 is 7.82 Å². The van der Waals surface area contributed by atoms with Crippen molar-refractivity contribution in [3.8, 4) is 0 Å². The van der Waals surface area contributed by atoms with Gasteiger partial charge in [0.15, 0.2) is 0 Å². The number of aliphatic hydroxyl groups is 1. The Morgan fingerprint density at radius 1 is 0.528 bits per heavy atom. The summed E-state index contributed by atoms with van der Waals surface area (Å²) >= 11 is 0. The molecule has 0 rings (SSSR count). The zero-order chi connectivity index (χ0) is 38.9. The molecule has 0 bridgehead atoms. The van der Waals surface area contributed by atoms with Gasteiger partial charge in [0.2, 0.25) is 5.91 Å². The number of unbranched alkanes of at least 4 members (excludes halogenated alkanes) is 34. The van der Waals surface area contributed by atoms with Crippen molar-refractivity contribution in [1.82, 2.24) is 5.32 Å². The van der Waals surface area contributed by atoms with Crippen molar-refractivity contribution >= 4 is 13.7 Å². The van der Waals surface area contributed by atoms with Gasteiger partial charge in [0.25, 0.3) is 0 Å². The molecule has 0 radical (unpaired) electrons. The minimum Gasteiger partial charge on any atom is -0.387 e. The second-order valence-electron chi connectivity index (χ2n) is 16.1. The molecule has 53 heavy (non-hydrogen) atoms. The van der Waals surface area contributed by atoms with Crippen LogP contribution in [0.2, 0.25) is 0 Å². The molecule has 0 saturated carbocycles. The van der Waals surface area contributed by atoms with Crippen molar-refractivity contribution in [3.05, 3.63) is 12.2 Å². The van der Waals surface area contributed by atoms with Crippen LogP contribution in [0.3, 0.4) is 0 Å². The van der Waals surface area contributed by atoms with Crippen LogP contribution >= 0.6 is 7.82 Å². The molecule has 0 aliphatic rings. The van der Waals surface area contributed by atoms with Gasteiger partial charge in [-0.3, -0.25) is 9.32 Å². The lowest BCUT2D eigenvalue weighted by atomic mass is 10.0. The Morgan fingerprint density at radius 3 is 1.15 bits per heavy atom. The molecule has 316 valence electrons.